The Morgan fingerprint density at radius 3 is 2.55 bits per heavy atom. The average Bonchev–Trinajstić information content (AvgIpc) is 2.81. The van der Waals surface area contributed by atoms with Crippen LogP contribution >= 0.6 is 23.1 Å². The molecule has 1 saturated heterocycles. The first kappa shape index (κ1) is 15.4. The van der Waals surface area contributed by atoms with Gasteiger partial charge in [0.15, 0.2) is 0 Å². The Morgan fingerprint density at radius 1 is 1.40 bits per heavy atom. The van der Waals surface area contributed by atoms with Crippen molar-refractivity contribution in [3.8, 4) is 0 Å². The number of aliphatic carboxylic acids is 1. The van der Waals surface area contributed by atoms with Crippen LogP contribution < -0.4 is 5.32 Å². The van der Waals surface area contributed by atoms with Crippen LogP contribution in [0.15, 0.2) is 6.07 Å². The van der Waals surface area contributed by atoms with E-state index in [9.17, 15) is 14.7 Å². The molecule has 4 nitrogen and oxygen atoms in total. The molecule has 1 aromatic rings. The van der Waals surface area contributed by atoms with E-state index >= 15 is 0 Å². The summed E-state index contributed by atoms with van der Waals surface area (Å²) >= 11 is 3.19. The van der Waals surface area contributed by atoms with Crippen LogP contribution in [-0.4, -0.2) is 34.0 Å². The molecule has 2 rings (SSSR count). The average molecular weight is 313 g/mol. The molecule has 1 amide bonds. The molecule has 1 aromatic heterocycles. The number of carboxylic acids is 1. The van der Waals surface area contributed by atoms with E-state index in [1.807, 2.05) is 13.0 Å². The first-order valence-electron chi connectivity index (χ1n) is 6.71. The van der Waals surface area contributed by atoms with Gasteiger partial charge < -0.3 is 10.4 Å². The minimum absolute atomic E-state index is 0.257. The van der Waals surface area contributed by atoms with Crippen molar-refractivity contribution in [1.29, 1.82) is 0 Å². The lowest BCUT2D eigenvalue weighted by atomic mass is 9.92. The Balaban J connectivity index is 2.17. The number of nitrogens with one attached hydrogen (secondary N) is 1. The molecule has 6 heteroatoms. The quantitative estimate of drug-likeness (QED) is 0.897. The summed E-state index contributed by atoms with van der Waals surface area (Å²) < 4.78 is 0. The van der Waals surface area contributed by atoms with Crippen LogP contribution in [-0.2, 0) is 11.2 Å². The molecule has 1 aliphatic rings. The molecule has 0 saturated carbocycles. The van der Waals surface area contributed by atoms with Gasteiger partial charge >= 0.3 is 5.97 Å². The summed E-state index contributed by atoms with van der Waals surface area (Å²) in [5, 5.41) is 12.2. The van der Waals surface area contributed by atoms with E-state index in [2.05, 4.69) is 12.2 Å². The smallest absolute Gasteiger partial charge is 0.329 e. The standard InChI is InChI=1S/C14H19NO3S2/c1-3-10-9(2)8-11(20-10)12(16)15-14(13(17)18)4-6-19-7-5-14/h8H,3-7H2,1-2H3,(H,15,16)(H,17,18). The molecule has 110 valence electrons. The maximum Gasteiger partial charge on any atom is 0.329 e. The second-order valence-corrected chi connectivity index (χ2v) is 7.39. The number of carbonyl (C=O) groups is 2. The van der Waals surface area contributed by atoms with E-state index in [4.69, 9.17) is 0 Å². The lowest BCUT2D eigenvalue weighted by Crippen LogP contribution is -2.56. The number of carbonyl (C=O) groups excluding carboxylic acids is 1. The van der Waals surface area contributed by atoms with Gasteiger partial charge in [-0.15, -0.1) is 11.3 Å². The highest BCUT2D eigenvalue weighted by Crippen LogP contribution is 2.29. The van der Waals surface area contributed by atoms with Crippen LogP contribution in [0.2, 0.25) is 0 Å². The van der Waals surface area contributed by atoms with E-state index in [1.165, 1.54) is 16.2 Å². The van der Waals surface area contributed by atoms with E-state index in [1.54, 1.807) is 11.8 Å². The maximum atomic E-state index is 12.3. The molecule has 2 N–H and O–H groups in total. The van der Waals surface area contributed by atoms with Crippen molar-refractivity contribution >= 4 is 35.0 Å². The highest BCUT2D eigenvalue weighted by molar-refractivity contribution is 7.99. The third kappa shape index (κ3) is 3.01. The minimum Gasteiger partial charge on any atom is -0.480 e. The number of thiophene rings is 1. The summed E-state index contributed by atoms with van der Waals surface area (Å²) in [6.07, 6.45) is 1.87. The van der Waals surface area contributed by atoms with Crippen molar-refractivity contribution in [2.24, 2.45) is 0 Å². The van der Waals surface area contributed by atoms with Gasteiger partial charge in [-0.25, -0.2) is 4.79 Å². The van der Waals surface area contributed by atoms with Crippen molar-refractivity contribution in [3.05, 3.63) is 21.4 Å². The molecule has 0 atom stereocenters. The highest BCUT2D eigenvalue weighted by atomic mass is 32.2. The number of hydrogen-bond donors (Lipinski definition) is 2. The Morgan fingerprint density at radius 2 is 2.05 bits per heavy atom. The Hall–Kier alpha value is -1.01. The molecule has 20 heavy (non-hydrogen) atoms. The number of rotatable bonds is 4. The fraction of sp³-hybridized carbons (Fsp3) is 0.571. The molecular weight excluding hydrogens is 294 g/mol. The zero-order chi connectivity index (χ0) is 14.8. The summed E-state index contributed by atoms with van der Waals surface area (Å²) in [6.45, 7) is 4.04. The zero-order valence-corrected chi connectivity index (χ0v) is 13.3. The summed E-state index contributed by atoms with van der Waals surface area (Å²) in [6, 6.07) is 1.85. The van der Waals surface area contributed by atoms with Crippen molar-refractivity contribution in [1.82, 2.24) is 5.32 Å². The fourth-order valence-corrected chi connectivity index (χ4v) is 4.57. The Kier molecular flexibility index (Phi) is 4.75. The Bertz CT molecular complexity index is 518. The normalized spacial score (nSPS) is 17.7. The highest BCUT2D eigenvalue weighted by Gasteiger charge is 2.41. The second-order valence-electron chi connectivity index (χ2n) is 5.02. The van der Waals surface area contributed by atoms with E-state index in [-0.39, 0.29) is 5.91 Å². The number of carboxylic acid groups (broad SMARTS) is 1. The van der Waals surface area contributed by atoms with Crippen molar-refractivity contribution in [2.75, 3.05) is 11.5 Å². The summed E-state index contributed by atoms with van der Waals surface area (Å²) in [5.74, 6) is 0.370. The molecule has 0 aliphatic carbocycles. The second kappa shape index (κ2) is 6.18. The van der Waals surface area contributed by atoms with Crippen LogP contribution in [0.3, 0.4) is 0 Å². The van der Waals surface area contributed by atoms with Gasteiger partial charge in [-0.1, -0.05) is 6.92 Å². The van der Waals surface area contributed by atoms with Crippen LogP contribution in [0.4, 0.5) is 0 Å². The number of aryl methyl sites for hydroxylation is 2. The Labute approximate surface area is 127 Å². The lowest BCUT2D eigenvalue weighted by molar-refractivity contribution is -0.144. The van der Waals surface area contributed by atoms with Gasteiger partial charge in [0, 0.05) is 4.88 Å². The van der Waals surface area contributed by atoms with E-state index < -0.39 is 11.5 Å². The summed E-state index contributed by atoms with van der Waals surface area (Å²) in [4.78, 5) is 25.7. The molecule has 0 radical (unpaired) electrons. The fourth-order valence-electron chi connectivity index (χ4n) is 2.37. The molecule has 0 bridgehead atoms. The van der Waals surface area contributed by atoms with Crippen molar-refractivity contribution in [3.63, 3.8) is 0 Å². The van der Waals surface area contributed by atoms with Crippen LogP contribution in [0.1, 0.15) is 39.9 Å². The van der Waals surface area contributed by atoms with Gasteiger partial charge in [0.2, 0.25) is 0 Å². The molecule has 0 spiro atoms. The molecule has 2 heterocycles. The maximum absolute atomic E-state index is 12.3. The lowest BCUT2D eigenvalue weighted by Gasteiger charge is -2.33. The number of hydrogen-bond acceptors (Lipinski definition) is 4. The first-order valence-corrected chi connectivity index (χ1v) is 8.68. The number of amides is 1. The predicted octanol–water partition coefficient (Wildman–Crippen LogP) is 2.70. The third-order valence-corrected chi connectivity index (χ3v) is 6.04. The molecular formula is C14H19NO3S2. The summed E-state index contributed by atoms with van der Waals surface area (Å²) in [7, 11) is 0. The third-order valence-electron chi connectivity index (χ3n) is 3.67. The van der Waals surface area contributed by atoms with Crippen molar-refractivity contribution < 1.29 is 14.7 Å². The van der Waals surface area contributed by atoms with Gasteiger partial charge in [-0.2, -0.15) is 11.8 Å². The minimum atomic E-state index is -1.09. The van der Waals surface area contributed by atoms with Gasteiger partial charge in [-0.05, 0) is 49.3 Å². The molecule has 1 fully saturated rings. The topological polar surface area (TPSA) is 66.4 Å². The molecule has 1 aliphatic heterocycles. The van der Waals surface area contributed by atoms with Gasteiger partial charge in [0.05, 0.1) is 4.88 Å². The predicted molar refractivity (Wildman–Crippen MR) is 82.8 cm³/mol. The van der Waals surface area contributed by atoms with E-state index in [0.29, 0.717) is 17.7 Å². The van der Waals surface area contributed by atoms with Gasteiger partial charge in [0.1, 0.15) is 5.54 Å². The van der Waals surface area contributed by atoms with Crippen LogP contribution in [0, 0.1) is 6.92 Å². The van der Waals surface area contributed by atoms with Gasteiger partial charge in [0.25, 0.3) is 5.91 Å². The van der Waals surface area contributed by atoms with Crippen LogP contribution in [0.5, 0.6) is 0 Å². The van der Waals surface area contributed by atoms with Gasteiger partial charge in [-0.3, -0.25) is 4.79 Å². The zero-order valence-electron chi connectivity index (χ0n) is 11.7. The van der Waals surface area contributed by atoms with Crippen LogP contribution in [0.25, 0.3) is 0 Å². The largest absolute Gasteiger partial charge is 0.480 e. The first-order chi connectivity index (χ1) is 9.48. The summed E-state index contributed by atoms with van der Waals surface area (Å²) in [5.41, 5.74) is 0.0123. The SMILES string of the molecule is CCc1sc(C(=O)NC2(C(=O)O)CCSCC2)cc1C. The molecule has 0 unspecified atom stereocenters. The van der Waals surface area contributed by atoms with Crippen molar-refractivity contribution in [2.45, 2.75) is 38.6 Å². The number of thioether (sulfide) groups is 1. The monoisotopic (exact) mass is 313 g/mol. The van der Waals surface area contributed by atoms with E-state index in [0.717, 1.165) is 23.5 Å². The molecule has 0 aromatic carbocycles.